The van der Waals surface area contributed by atoms with Gasteiger partial charge in [-0.05, 0) is 49.4 Å². The number of nitrogens with one attached hydrogen (secondary N) is 1. The molecule has 3 aromatic rings. The van der Waals surface area contributed by atoms with E-state index in [2.05, 4.69) is 5.32 Å². The minimum absolute atomic E-state index is 0.132. The number of ether oxygens (including phenoxy) is 4. The molecule has 0 aliphatic rings. The van der Waals surface area contributed by atoms with E-state index in [1.807, 2.05) is 62.4 Å². The van der Waals surface area contributed by atoms with E-state index in [1.165, 1.54) is 0 Å². The summed E-state index contributed by atoms with van der Waals surface area (Å²) in [6.07, 6.45) is -0.357. The Balaban J connectivity index is 1.52. The molecule has 0 bridgehead atoms. The lowest BCUT2D eigenvalue weighted by atomic mass is 10.2. The second-order valence-electron chi connectivity index (χ2n) is 7.53. The van der Waals surface area contributed by atoms with Gasteiger partial charge in [-0.3, -0.25) is 4.79 Å². The van der Waals surface area contributed by atoms with Crippen LogP contribution in [-0.2, 0) is 27.4 Å². The summed E-state index contributed by atoms with van der Waals surface area (Å²) in [5.74, 6) is 0.642. The monoisotopic (exact) mass is 468 g/mol. The van der Waals surface area contributed by atoms with Gasteiger partial charge in [0.25, 0.3) is 5.56 Å². The second-order valence-corrected chi connectivity index (χ2v) is 7.53. The van der Waals surface area contributed by atoms with Crippen molar-refractivity contribution in [2.24, 2.45) is 0 Å². The zero-order valence-electron chi connectivity index (χ0n) is 19.7. The standard InChI is InChI=1S/C26H32N2O6/c1-3-31-25(32-4-2)18-28-23-17-22(13-11-21(23)12-14-24(28)29)33-16-8-15-27-26(30)34-19-20-9-6-5-7-10-20/h5-7,9-14,17,25H,3-4,8,15-16,18-19H2,1-2H3,(H,27,30). The predicted molar refractivity (Wildman–Crippen MR) is 130 cm³/mol. The molecule has 1 aromatic heterocycles. The van der Waals surface area contributed by atoms with Gasteiger partial charge in [0.1, 0.15) is 12.4 Å². The smallest absolute Gasteiger partial charge is 0.407 e. The summed E-state index contributed by atoms with van der Waals surface area (Å²) in [4.78, 5) is 24.4. The van der Waals surface area contributed by atoms with Crippen molar-refractivity contribution in [1.82, 2.24) is 9.88 Å². The minimum atomic E-state index is -0.504. The van der Waals surface area contributed by atoms with Crippen LogP contribution in [0, 0.1) is 0 Å². The highest BCUT2D eigenvalue weighted by Crippen LogP contribution is 2.20. The molecule has 2 aromatic carbocycles. The molecule has 0 fully saturated rings. The number of hydrogen-bond donors (Lipinski definition) is 1. The van der Waals surface area contributed by atoms with E-state index in [0.717, 1.165) is 16.5 Å². The van der Waals surface area contributed by atoms with Crippen LogP contribution in [0.2, 0.25) is 0 Å². The minimum Gasteiger partial charge on any atom is -0.493 e. The van der Waals surface area contributed by atoms with Crippen molar-refractivity contribution in [1.29, 1.82) is 0 Å². The van der Waals surface area contributed by atoms with Crippen LogP contribution in [0.25, 0.3) is 10.9 Å². The molecule has 0 saturated carbocycles. The third kappa shape index (κ3) is 7.60. The molecule has 1 amide bonds. The van der Waals surface area contributed by atoms with Gasteiger partial charge in [0.2, 0.25) is 0 Å². The summed E-state index contributed by atoms with van der Waals surface area (Å²) < 4.78 is 23.9. The van der Waals surface area contributed by atoms with Crippen molar-refractivity contribution in [3.05, 3.63) is 76.6 Å². The Kier molecular flexibility index (Phi) is 9.94. The van der Waals surface area contributed by atoms with Gasteiger partial charge in [0, 0.05) is 31.9 Å². The molecule has 0 aliphatic heterocycles. The number of carbonyl (C=O) groups is 1. The van der Waals surface area contributed by atoms with Gasteiger partial charge < -0.3 is 28.8 Å². The summed E-state index contributed by atoms with van der Waals surface area (Å²) in [7, 11) is 0. The van der Waals surface area contributed by atoms with Gasteiger partial charge in [-0.15, -0.1) is 0 Å². The van der Waals surface area contributed by atoms with Gasteiger partial charge in [0.05, 0.1) is 18.7 Å². The van der Waals surface area contributed by atoms with Crippen LogP contribution in [0.15, 0.2) is 65.5 Å². The fourth-order valence-electron chi connectivity index (χ4n) is 3.45. The normalized spacial score (nSPS) is 11.0. The number of rotatable bonds is 13. The highest BCUT2D eigenvalue weighted by molar-refractivity contribution is 5.80. The number of alkyl carbamates (subject to hydrolysis) is 1. The Bertz CT molecular complexity index is 1090. The Hall–Kier alpha value is -3.36. The number of fused-ring (bicyclic) bond motifs is 1. The van der Waals surface area contributed by atoms with Gasteiger partial charge in [-0.25, -0.2) is 4.79 Å². The highest BCUT2D eigenvalue weighted by Gasteiger charge is 2.13. The van der Waals surface area contributed by atoms with E-state index in [0.29, 0.717) is 38.5 Å². The molecule has 0 spiro atoms. The van der Waals surface area contributed by atoms with E-state index in [1.54, 1.807) is 16.7 Å². The molecule has 3 rings (SSSR count). The zero-order chi connectivity index (χ0) is 24.2. The van der Waals surface area contributed by atoms with Crippen molar-refractivity contribution in [2.45, 2.75) is 39.7 Å². The number of nitrogens with zero attached hydrogens (tertiary/aromatic N) is 1. The highest BCUT2D eigenvalue weighted by atomic mass is 16.7. The fraction of sp³-hybridized carbons (Fsp3) is 0.385. The molecular formula is C26H32N2O6. The predicted octanol–water partition coefficient (Wildman–Crippen LogP) is 4.10. The lowest BCUT2D eigenvalue weighted by molar-refractivity contribution is -0.143. The Morgan fingerprint density at radius 2 is 1.74 bits per heavy atom. The number of aromatic nitrogens is 1. The quantitative estimate of drug-likeness (QED) is 0.300. The number of pyridine rings is 1. The van der Waals surface area contributed by atoms with Gasteiger partial charge in [-0.2, -0.15) is 0 Å². The first kappa shape index (κ1) is 25.3. The van der Waals surface area contributed by atoms with E-state index >= 15 is 0 Å². The first-order valence-corrected chi connectivity index (χ1v) is 11.5. The molecule has 0 aliphatic carbocycles. The molecule has 1 heterocycles. The van der Waals surface area contributed by atoms with Crippen LogP contribution in [-0.4, -0.2) is 43.3 Å². The molecule has 182 valence electrons. The lowest BCUT2D eigenvalue weighted by Crippen LogP contribution is -2.30. The number of carbonyl (C=O) groups excluding carboxylic acids is 1. The van der Waals surface area contributed by atoms with Crippen LogP contribution in [0.5, 0.6) is 5.75 Å². The molecule has 0 atom stereocenters. The van der Waals surface area contributed by atoms with Gasteiger partial charge in [0.15, 0.2) is 6.29 Å². The third-order valence-electron chi connectivity index (χ3n) is 5.07. The molecule has 1 N–H and O–H groups in total. The Labute approximate surface area is 199 Å². The van der Waals surface area contributed by atoms with Crippen LogP contribution < -0.4 is 15.6 Å². The number of amides is 1. The fourth-order valence-corrected chi connectivity index (χ4v) is 3.45. The molecular weight excluding hydrogens is 436 g/mol. The van der Waals surface area contributed by atoms with Gasteiger partial charge >= 0.3 is 6.09 Å². The topological polar surface area (TPSA) is 88.0 Å². The molecule has 8 heteroatoms. The van der Waals surface area contributed by atoms with E-state index in [4.69, 9.17) is 18.9 Å². The van der Waals surface area contributed by atoms with Crippen molar-refractivity contribution >= 4 is 17.0 Å². The summed E-state index contributed by atoms with van der Waals surface area (Å²) in [5, 5.41) is 3.63. The average Bonchev–Trinajstić information content (AvgIpc) is 2.85. The summed E-state index contributed by atoms with van der Waals surface area (Å²) >= 11 is 0. The van der Waals surface area contributed by atoms with Crippen LogP contribution in [0.4, 0.5) is 4.79 Å². The Morgan fingerprint density at radius 1 is 1.00 bits per heavy atom. The first-order valence-electron chi connectivity index (χ1n) is 11.5. The van der Waals surface area contributed by atoms with E-state index in [9.17, 15) is 9.59 Å². The molecule has 0 saturated heterocycles. The largest absolute Gasteiger partial charge is 0.493 e. The summed E-state index contributed by atoms with van der Waals surface area (Å²) in [6.45, 7) is 6.12. The molecule has 34 heavy (non-hydrogen) atoms. The van der Waals surface area contributed by atoms with Crippen molar-refractivity contribution in [2.75, 3.05) is 26.4 Å². The number of hydrogen-bond acceptors (Lipinski definition) is 6. The average molecular weight is 469 g/mol. The molecule has 0 radical (unpaired) electrons. The van der Waals surface area contributed by atoms with E-state index < -0.39 is 12.4 Å². The second kappa shape index (κ2) is 13.4. The lowest BCUT2D eigenvalue weighted by Gasteiger charge is -2.19. The molecule has 8 nitrogen and oxygen atoms in total. The molecule has 0 unspecified atom stereocenters. The third-order valence-corrected chi connectivity index (χ3v) is 5.07. The SMILES string of the molecule is CCOC(Cn1c(=O)ccc2ccc(OCCCNC(=O)OCc3ccccc3)cc21)OCC. The van der Waals surface area contributed by atoms with Gasteiger partial charge in [-0.1, -0.05) is 30.3 Å². The zero-order valence-corrected chi connectivity index (χ0v) is 19.7. The first-order chi connectivity index (χ1) is 16.6. The van der Waals surface area contributed by atoms with Crippen LogP contribution >= 0.6 is 0 Å². The van der Waals surface area contributed by atoms with Crippen molar-refractivity contribution < 1.29 is 23.7 Å². The maximum Gasteiger partial charge on any atom is 0.407 e. The maximum atomic E-state index is 12.6. The summed E-state index contributed by atoms with van der Waals surface area (Å²) in [6, 6.07) is 18.5. The Morgan fingerprint density at radius 3 is 2.47 bits per heavy atom. The van der Waals surface area contributed by atoms with E-state index in [-0.39, 0.29) is 18.7 Å². The van der Waals surface area contributed by atoms with Crippen LogP contribution in [0.1, 0.15) is 25.8 Å². The van der Waals surface area contributed by atoms with Crippen molar-refractivity contribution in [3.63, 3.8) is 0 Å². The van der Waals surface area contributed by atoms with Crippen molar-refractivity contribution in [3.8, 4) is 5.75 Å². The van der Waals surface area contributed by atoms with Crippen LogP contribution in [0.3, 0.4) is 0 Å². The summed E-state index contributed by atoms with van der Waals surface area (Å²) in [5.41, 5.74) is 1.55. The maximum absolute atomic E-state index is 12.6. The number of benzene rings is 2.